The van der Waals surface area contributed by atoms with Crippen molar-refractivity contribution in [2.75, 3.05) is 6.54 Å². The van der Waals surface area contributed by atoms with Gasteiger partial charge in [0.1, 0.15) is 0 Å². The molecule has 0 aliphatic heterocycles. The Morgan fingerprint density at radius 1 is 1.25 bits per heavy atom. The second-order valence-electron chi connectivity index (χ2n) is 4.32. The summed E-state index contributed by atoms with van der Waals surface area (Å²) in [7, 11) is 1.93. The molecular weight excluding hydrogens is 252 g/mol. The average Bonchev–Trinajstić information content (AvgIpc) is 2.88. The first-order valence-electron chi connectivity index (χ1n) is 6.68. The van der Waals surface area contributed by atoms with E-state index >= 15 is 0 Å². The molecule has 2 aromatic heterocycles. The first-order valence-corrected chi connectivity index (χ1v) is 6.68. The van der Waals surface area contributed by atoms with E-state index in [1.54, 1.807) is 12.4 Å². The Morgan fingerprint density at radius 3 is 2.80 bits per heavy atom. The first kappa shape index (κ1) is 14.0. The maximum atomic E-state index is 4.52. The molecule has 0 aliphatic carbocycles. The van der Waals surface area contributed by atoms with Crippen LogP contribution in [0.15, 0.2) is 41.7 Å². The summed E-state index contributed by atoms with van der Waals surface area (Å²) in [6.45, 7) is 4.10. The first-order chi connectivity index (χ1) is 9.79. The van der Waals surface area contributed by atoms with E-state index in [-0.39, 0.29) is 0 Å². The SMILES string of the molecule is CCNC(=NCc1ccccn1)NCc1ccnn1C. The minimum Gasteiger partial charge on any atom is -0.357 e. The summed E-state index contributed by atoms with van der Waals surface area (Å²) >= 11 is 0. The van der Waals surface area contributed by atoms with E-state index in [4.69, 9.17) is 0 Å². The summed E-state index contributed by atoms with van der Waals surface area (Å²) in [5.74, 6) is 0.777. The molecule has 0 amide bonds. The molecular formula is C14H20N6. The van der Waals surface area contributed by atoms with Crippen molar-refractivity contribution in [2.45, 2.75) is 20.0 Å². The van der Waals surface area contributed by atoms with Gasteiger partial charge in [0.2, 0.25) is 0 Å². The lowest BCUT2D eigenvalue weighted by Gasteiger charge is -2.11. The van der Waals surface area contributed by atoms with Gasteiger partial charge in [-0.3, -0.25) is 9.67 Å². The predicted molar refractivity (Wildman–Crippen MR) is 79.1 cm³/mol. The molecule has 0 bridgehead atoms. The number of aromatic nitrogens is 3. The van der Waals surface area contributed by atoms with Crippen molar-refractivity contribution in [1.82, 2.24) is 25.4 Å². The summed E-state index contributed by atoms with van der Waals surface area (Å²) in [6, 6.07) is 7.82. The van der Waals surface area contributed by atoms with Gasteiger partial charge in [-0.1, -0.05) is 6.07 Å². The Hall–Kier alpha value is -2.37. The van der Waals surface area contributed by atoms with Crippen molar-refractivity contribution in [3.8, 4) is 0 Å². The van der Waals surface area contributed by atoms with Crippen LogP contribution in [-0.4, -0.2) is 27.3 Å². The van der Waals surface area contributed by atoms with Gasteiger partial charge in [-0.2, -0.15) is 5.10 Å². The summed E-state index contributed by atoms with van der Waals surface area (Å²) < 4.78 is 1.84. The van der Waals surface area contributed by atoms with Gasteiger partial charge in [0.05, 0.1) is 24.5 Å². The van der Waals surface area contributed by atoms with E-state index < -0.39 is 0 Å². The molecule has 2 rings (SSSR count). The largest absolute Gasteiger partial charge is 0.357 e. The van der Waals surface area contributed by atoms with Gasteiger partial charge in [0.15, 0.2) is 5.96 Å². The molecule has 0 unspecified atom stereocenters. The zero-order valence-corrected chi connectivity index (χ0v) is 11.9. The zero-order chi connectivity index (χ0) is 14.2. The van der Waals surface area contributed by atoms with Crippen LogP contribution in [-0.2, 0) is 20.1 Å². The Kier molecular flexibility index (Phi) is 5.11. The number of rotatable bonds is 5. The molecule has 0 saturated carbocycles. The van der Waals surface area contributed by atoms with Gasteiger partial charge in [-0.05, 0) is 25.1 Å². The van der Waals surface area contributed by atoms with E-state index in [1.165, 1.54) is 0 Å². The monoisotopic (exact) mass is 272 g/mol. The van der Waals surface area contributed by atoms with Gasteiger partial charge in [0, 0.05) is 26.0 Å². The number of hydrogen-bond donors (Lipinski definition) is 2. The van der Waals surface area contributed by atoms with Gasteiger partial charge in [-0.15, -0.1) is 0 Å². The smallest absolute Gasteiger partial charge is 0.191 e. The van der Waals surface area contributed by atoms with Crippen LogP contribution < -0.4 is 10.6 Å². The fourth-order valence-corrected chi connectivity index (χ4v) is 1.74. The van der Waals surface area contributed by atoms with Crippen LogP contribution in [0.25, 0.3) is 0 Å². The van der Waals surface area contributed by atoms with Crippen molar-refractivity contribution >= 4 is 5.96 Å². The lowest BCUT2D eigenvalue weighted by molar-refractivity contribution is 0.684. The molecule has 0 radical (unpaired) electrons. The number of pyridine rings is 1. The van der Waals surface area contributed by atoms with E-state index in [9.17, 15) is 0 Å². The molecule has 0 aliphatic rings. The van der Waals surface area contributed by atoms with Crippen LogP contribution in [0, 0.1) is 0 Å². The third kappa shape index (κ3) is 4.08. The fraction of sp³-hybridized carbons (Fsp3) is 0.357. The van der Waals surface area contributed by atoms with Crippen LogP contribution in [0.5, 0.6) is 0 Å². The molecule has 0 spiro atoms. The summed E-state index contributed by atoms with van der Waals surface area (Å²) in [5.41, 5.74) is 2.05. The van der Waals surface area contributed by atoms with Crippen LogP contribution in [0.1, 0.15) is 18.3 Å². The lowest BCUT2D eigenvalue weighted by Crippen LogP contribution is -2.37. The van der Waals surface area contributed by atoms with Crippen molar-refractivity contribution in [1.29, 1.82) is 0 Å². The number of nitrogens with zero attached hydrogens (tertiary/aromatic N) is 4. The quantitative estimate of drug-likeness (QED) is 0.631. The maximum absolute atomic E-state index is 4.52. The van der Waals surface area contributed by atoms with Gasteiger partial charge >= 0.3 is 0 Å². The molecule has 106 valence electrons. The highest BCUT2D eigenvalue weighted by atomic mass is 15.3. The predicted octanol–water partition coefficient (Wildman–Crippen LogP) is 1.07. The topological polar surface area (TPSA) is 67.1 Å². The molecule has 0 aromatic carbocycles. The lowest BCUT2D eigenvalue weighted by atomic mass is 10.3. The van der Waals surface area contributed by atoms with Gasteiger partial charge < -0.3 is 10.6 Å². The molecule has 0 saturated heterocycles. The minimum absolute atomic E-state index is 0.557. The van der Waals surface area contributed by atoms with E-state index in [0.29, 0.717) is 13.1 Å². The van der Waals surface area contributed by atoms with Crippen molar-refractivity contribution < 1.29 is 0 Å². The van der Waals surface area contributed by atoms with Crippen LogP contribution in [0.2, 0.25) is 0 Å². The molecule has 0 atom stereocenters. The number of nitrogens with one attached hydrogen (secondary N) is 2. The van der Waals surface area contributed by atoms with Crippen LogP contribution in [0.3, 0.4) is 0 Å². The molecule has 6 nitrogen and oxygen atoms in total. The van der Waals surface area contributed by atoms with Crippen LogP contribution >= 0.6 is 0 Å². The second kappa shape index (κ2) is 7.28. The zero-order valence-electron chi connectivity index (χ0n) is 11.9. The summed E-state index contributed by atoms with van der Waals surface area (Å²) in [4.78, 5) is 8.77. The standard InChI is InChI=1S/C14H20N6/c1-3-15-14(17-10-12-6-4-5-8-16-12)18-11-13-7-9-19-20(13)2/h4-9H,3,10-11H2,1-2H3,(H2,15,17,18). The van der Waals surface area contributed by atoms with E-state index in [2.05, 4.69) is 25.7 Å². The third-order valence-corrected chi connectivity index (χ3v) is 2.83. The highest BCUT2D eigenvalue weighted by Crippen LogP contribution is 1.97. The average molecular weight is 272 g/mol. The summed E-state index contributed by atoms with van der Waals surface area (Å²) in [5, 5.41) is 10.6. The third-order valence-electron chi connectivity index (χ3n) is 2.83. The number of hydrogen-bond acceptors (Lipinski definition) is 3. The van der Waals surface area contributed by atoms with E-state index in [1.807, 2.05) is 42.9 Å². The highest BCUT2D eigenvalue weighted by molar-refractivity contribution is 5.79. The molecule has 6 heteroatoms. The Bertz CT molecular complexity index is 546. The minimum atomic E-state index is 0.557. The van der Waals surface area contributed by atoms with Gasteiger partial charge in [0.25, 0.3) is 0 Å². The molecule has 20 heavy (non-hydrogen) atoms. The molecule has 0 fully saturated rings. The Balaban J connectivity index is 1.94. The normalized spacial score (nSPS) is 11.4. The van der Waals surface area contributed by atoms with Crippen LogP contribution in [0.4, 0.5) is 0 Å². The highest BCUT2D eigenvalue weighted by Gasteiger charge is 2.01. The molecule has 2 heterocycles. The number of guanidine groups is 1. The molecule has 2 aromatic rings. The van der Waals surface area contributed by atoms with Crippen molar-refractivity contribution in [3.05, 3.63) is 48.0 Å². The fourth-order valence-electron chi connectivity index (χ4n) is 1.74. The Labute approximate surface area is 119 Å². The second-order valence-corrected chi connectivity index (χ2v) is 4.32. The van der Waals surface area contributed by atoms with Gasteiger partial charge in [-0.25, -0.2) is 4.99 Å². The Morgan fingerprint density at radius 2 is 2.15 bits per heavy atom. The van der Waals surface area contributed by atoms with Crippen molar-refractivity contribution in [3.63, 3.8) is 0 Å². The summed E-state index contributed by atoms with van der Waals surface area (Å²) in [6.07, 6.45) is 3.57. The molecule has 2 N–H and O–H groups in total. The van der Waals surface area contributed by atoms with Crippen molar-refractivity contribution in [2.24, 2.45) is 12.0 Å². The van der Waals surface area contributed by atoms with E-state index in [0.717, 1.165) is 23.9 Å². The number of aryl methyl sites for hydroxylation is 1. The maximum Gasteiger partial charge on any atom is 0.191 e. The number of aliphatic imine (C=N–C) groups is 1.